The normalized spacial score (nSPS) is 15.1. The summed E-state index contributed by atoms with van der Waals surface area (Å²) in [5, 5.41) is 13.0. The van der Waals surface area contributed by atoms with Crippen LogP contribution in [-0.4, -0.2) is 46.9 Å². The van der Waals surface area contributed by atoms with E-state index in [1.54, 1.807) is 17.0 Å². The second kappa shape index (κ2) is 12.2. The number of carboxylic acids is 1. The SMILES string of the molecule is O=C(CC1CCN(C(=O)CCc2ccc(Cl)c(Cl)c2)CC1)N[C@@H](Cc1ccc(F)cc1)C(=O)O. The van der Waals surface area contributed by atoms with Crippen molar-refractivity contribution in [2.24, 2.45) is 5.92 Å². The van der Waals surface area contributed by atoms with Gasteiger partial charge in [0.15, 0.2) is 0 Å². The molecule has 0 bridgehead atoms. The summed E-state index contributed by atoms with van der Waals surface area (Å²) in [6.07, 6.45) is 2.59. The molecule has 2 amide bonds. The number of halogens is 3. The van der Waals surface area contributed by atoms with Gasteiger partial charge in [0, 0.05) is 32.4 Å². The first-order valence-electron chi connectivity index (χ1n) is 11.2. The summed E-state index contributed by atoms with van der Waals surface area (Å²) in [6, 6.07) is 9.79. The molecule has 2 aromatic carbocycles. The molecular weight excluding hydrogens is 482 g/mol. The molecule has 0 spiro atoms. The van der Waals surface area contributed by atoms with E-state index >= 15 is 0 Å². The lowest BCUT2D eigenvalue weighted by atomic mass is 9.92. The third-order valence-electron chi connectivity index (χ3n) is 6.04. The molecule has 6 nitrogen and oxygen atoms in total. The second-order valence-electron chi connectivity index (χ2n) is 8.57. The van der Waals surface area contributed by atoms with Crippen molar-refractivity contribution in [3.8, 4) is 0 Å². The lowest BCUT2D eigenvalue weighted by Crippen LogP contribution is -2.44. The van der Waals surface area contributed by atoms with Gasteiger partial charge in [0.1, 0.15) is 11.9 Å². The number of nitrogens with one attached hydrogen (secondary N) is 1. The van der Waals surface area contributed by atoms with Gasteiger partial charge in [0.05, 0.1) is 10.0 Å². The average Bonchev–Trinajstić information content (AvgIpc) is 2.81. The maximum atomic E-state index is 13.1. The van der Waals surface area contributed by atoms with Crippen LogP contribution in [0.1, 0.15) is 36.8 Å². The van der Waals surface area contributed by atoms with Crippen molar-refractivity contribution in [2.75, 3.05) is 13.1 Å². The number of benzene rings is 2. The van der Waals surface area contributed by atoms with E-state index in [0.717, 1.165) is 5.56 Å². The molecule has 0 saturated carbocycles. The van der Waals surface area contributed by atoms with Crippen molar-refractivity contribution in [3.05, 3.63) is 69.5 Å². The van der Waals surface area contributed by atoms with Crippen LogP contribution >= 0.6 is 23.2 Å². The lowest BCUT2D eigenvalue weighted by molar-refractivity contribution is -0.142. The van der Waals surface area contributed by atoms with Crippen LogP contribution in [0, 0.1) is 11.7 Å². The fraction of sp³-hybridized carbons (Fsp3) is 0.400. The molecule has 0 aromatic heterocycles. The molecule has 1 fully saturated rings. The molecule has 2 aromatic rings. The predicted octanol–water partition coefficient (Wildman–Crippen LogP) is 4.51. The minimum atomic E-state index is -1.14. The van der Waals surface area contributed by atoms with Crippen molar-refractivity contribution in [1.82, 2.24) is 10.2 Å². The molecular formula is C25H27Cl2FN2O4. The molecule has 0 aliphatic carbocycles. The molecule has 9 heteroatoms. The summed E-state index contributed by atoms with van der Waals surface area (Å²) in [4.78, 5) is 38.4. The number of aryl methyl sites for hydroxylation is 1. The van der Waals surface area contributed by atoms with E-state index < -0.39 is 17.8 Å². The topological polar surface area (TPSA) is 86.7 Å². The Kier molecular flexibility index (Phi) is 9.30. The smallest absolute Gasteiger partial charge is 0.326 e. The minimum absolute atomic E-state index is 0.0548. The number of piperidine rings is 1. The van der Waals surface area contributed by atoms with Crippen molar-refractivity contribution < 1.29 is 23.9 Å². The number of amides is 2. The highest BCUT2D eigenvalue weighted by Gasteiger charge is 2.26. The standard InChI is InChI=1S/C25H27Cl2FN2O4/c26-20-7-3-16(13-21(20)27)4-8-24(32)30-11-9-18(10-12-30)15-23(31)29-22(25(33)34)14-17-1-5-19(28)6-2-17/h1-3,5-7,13,18,22H,4,8-12,14-15H2,(H,29,31)(H,33,34)/t22-/m0/s1. The Morgan fingerprint density at radius 2 is 1.68 bits per heavy atom. The monoisotopic (exact) mass is 508 g/mol. The van der Waals surface area contributed by atoms with Crippen LogP contribution in [0.25, 0.3) is 0 Å². The van der Waals surface area contributed by atoms with Crippen LogP contribution in [0.2, 0.25) is 10.0 Å². The van der Waals surface area contributed by atoms with Gasteiger partial charge in [0.2, 0.25) is 11.8 Å². The molecule has 3 rings (SSSR count). The van der Waals surface area contributed by atoms with Crippen LogP contribution in [-0.2, 0) is 27.2 Å². The Morgan fingerprint density at radius 1 is 1.03 bits per heavy atom. The summed E-state index contributed by atoms with van der Waals surface area (Å²) < 4.78 is 13.1. The maximum Gasteiger partial charge on any atom is 0.326 e. The number of carbonyl (C=O) groups is 3. The average molecular weight is 509 g/mol. The Labute approximate surface area is 208 Å². The number of aliphatic carboxylic acids is 1. The third kappa shape index (κ3) is 7.71. The highest BCUT2D eigenvalue weighted by molar-refractivity contribution is 6.42. The zero-order valence-corrected chi connectivity index (χ0v) is 20.1. The number of carbonyl (C=O) groups excluding carboxylic acids is 2. The van der Waals surface area contributed by atoms with E-state index in [1.807, 2.05) is 6.07 Å². The molecule has 1 aliphatic heterocycles. The van der Waals surface area contributed by atoms with E-state index in [4.69, 9.17) is 23.2 Å². The summed E-state index contributed by atoms with van der Waals surface area (Å²) in [6.45, 7) is 1.13. The van der Waals surface area contributed by atoms with Crippen molar-refractivity contribution >= 4 is 41.0 Å². The highest BCUT2D eigenvalue weighted by Crippen LogP contribution is 2.24. The van der Waals surface area contributed by atoms with E-state index in [2.05, 4.69) is 5.32 Å². The summed E-state index contributed by atoms with van der Waals surface area (Å²) in [7, 11) is 0. The van der Waals surface area contributed by atoms with Gasteiger partial charge in [-0.25, -0.2) is 9.18 Å². The highest BCUT2D eigenvalue weighted by atomic mass is 35.5. The van der Waals surface area contributed by atoms with Gasteiger partial charge in [-0.15, -0.1) is 0 Å². The molecule has 0 radical (unpaired) electrons. The Hall–Kier alpha value is -2.64. The third-order valence-corrected chi connectivity index (χ3v) is 6.78. The Morgan fingerprint density at radius 3 is 2.29 bits per heavy atom. The Bertz CT molecular complexity index is 1020. The van der Waals surface area contributed by atoms with E-state index in [0.29, 0.717) is 54.4 Å². The van der Waals surface area contributed by atoms with Gasteiger partial charge in [-0.2, -0.15) is 0 Å². The first kappa shape index (κ1) is 26.0. The molecule has 1 atom stereocenters. The molecule has 34 heavy (non-hydrogen) atoms. The molecule has 1 aliphatic rings. The van der Waals surface area contributed by atoms with Gasteiger partial charge in [0.25, 0.3) is 0 Å². The largest absolute Gasteiger partial charge is 0.480 e. The van der Waals surface area contributed by atoms with Crippen LogP contribution < -0.4 is 5.32 Å². The molecule has 1 heterocycles. The lowest BCUT2D eigenvalue weighted by Gasteiger charge is -2.32. The summed E-state index contributed by atoms with van der Waals surface area (Å²) in [5.74, 6) is -1.74. The predicted molar refractivity (Wildman–Crippen MR) is 128 cm³/mol. The second-order valence-corrected chi connectivity index (χ2v) is 9.38. The summed E-state index contributed by atoms with van der Waals surface area (Å²) >= 11 is 11.9. The van der Waals surface area contributed by atoms with E-state index in [9.17, 15) is 23.9 Å². The zero-order valence-electron chi connectivity index (χ0n) is 18.6. The number of nitrogens with zero attached hydrogens (tertiary/aromatic N) is 1. The molecule has 2 N–H and O–H groups in total. The first-order chi connectivity index (χ1) is 16.2. The van der Waals surface area contributed by atoms with Crippen LogP contribution in [0.15, 0.2) is 42.5 Å². The number of carboxylic acid groups (broad SMARTS) is 1. The number of hydrogen-bond acceptors (Lipinski definition) is 3. The van der Waals surface area contributed by atoms with Crippen LogP contribution in [0.3, 0.4) is 0 Å². The fourth-order valence-electron chi connectivity index (χ4n) is 4.06. The number of rotatable bonds is 9. The van der Waals surface area contributed by atoms with Crippen molar-refractivity contribution in [2.45, 2.75) is 44.6 Å². The maximum absolute atomic E-state index is 13.1. The molecule has 0 unspecified atom stereocenters. The summed E-state index contributed by atoms with van der Waals surface area (Å²) in [5.41, 5.74) is 1.57. The Balaban J connectivity index is 1.42. The molecule has 1 saturated heterocycles. The van der Waals surface area contributed by atoms with Gasteiger partial charge < -0.3 is 15.3 Å². The van der Waals surface area contributed by atoms with E-state index in [1.165, 1.54) is 24.3 Å². The van der Waals surface area contributed by atoms with E-state index in [-0.39, 0.29) is 30.6 Å². The first-order valence-corrected chi connectivity index (χ1v) is 11.9. The fourth-order valence-corrected chi connectivity index (χ4v) is 4.38. The van der Waals surface area contributed by atoms with Crippen LogP contribution in [0.5, 0.6) is 0 Å². The van der Waals surface area contributed by atoms with Gasteiger partial charge in [-0.05, 0) is 60.6 Å². The van der Waals surface area contributed by atoms with Gasteiger partial charge >= 0.3 is 5.97 Å². The quantitative estimate of drug-likeness (QED) is 0.521. The van der Waals surface area contributed by atoms with Gasteiger partial charge in [-0.3, -0.25) is 9.59 Å². The van der Waals surface area contributed by atoms with Crippen molar-refractivity contribution in [3.63, 3.8) is 0 Å². The number of hydrogen-bond donors (Lipinski definition) is 2. The minimum Gasteiger partial charge on any atom is -0.480 e. The number of likely N-dealkylation sites (tertiary alicyclic amines) is 1. The van der Waals surface area contributed by atoms with Crippen LogP contribution in [0.4, 0.5) is 4.39 Å². The molecule has 182 valence electrons. The van der Waals surface area contributed by atoms with Crippen molar-refractivity contribution in [1.29, 1.82) is 0 Å². The van der Waals surface area contributed by atoms with Gasteiger partial charge in [-0.1, -0.05) is 41.4 Å². The zero-order chi connectivity index (χ0) is 24.7.